The highest BCUT2D eigenvalue weighted by Gasteiger charge is 2.36. The maximum Gasteiger partial charge on any atom is 0.163 e. The summed E-state index contributed by atoms with van der Waals surface area (Å²) in [4.78, 5) is 13.8. The molecule has 0 unspecified atom stereocenters. The molecule has 0 amide bonds. The van der Waals surface area contributed by atoms with Crippen LogP contribution in [0.1, 0.15) is 41.5 Å². The predicted molar refractivity (Wildman–Crippen MR) is 151 cm³/mol. The summed E-state index contributed by atoms with van der Waals surface area (Å²) >= 11 is 0. The molecule has 5 nitrogen and oxygen atoms in total. The summed E-state index contributed by atoms with van der Waals surface area (Å²) < 4.78 is 11.8. The molecule has 6 rings (SSSR count). The van der Waals surface area contributed by atoms with E-state index in [9.17, 15) is 4.79 Å². The number of fused-ring (bicyclic) bond motifs is 1. The van der Waals surface area contributed by atoms with Crippen molar-refractivity contribution in [1.29, 1.82) is 0 Å². The summed E-state index contributed by atoms with van der Waals surface area (Å²) in [6.07, 6.45) is 1.25. The van der Waals surface area contributed by atoms with E-state index in [-0.39, 0.29) is 17.7 Å². The third-order valence-electron chi connectivity index (χ3n) is 7.34. The zero-order valence-electron chi connectivity index (χ0n) is 21.3. The van der Waals surface area contributed by atoms with Crippen molar-refractivity contribution in [3.63, 3.8) is 0 Å². The Kier molecular flexibility index (Phi) is 6.57. The predicted octanol–water partition coefficient (Wildman–Crippen LogP) is 7.25. The van der Waals surface area contributed by atoms with Gasteiger partial charge in [0.2, 0.25) is 0 Å². The Bertz CT molecular complexity index is 1480. The Labute approximate surface area is 223 Å². The van der Waals surface area contributed by atoms with E-state index < -0.39 is 0 Å². The van der Waals surface area contributed by atoms with Crippen LogP contribution in [0.2, 0.25) is 0 Å². The van der Waals surface area contributed by atoms with Crippen LogP contribution >= 0.6 is 0 Å². The SMILES string of the molecule is COc1cc([C@H]2Nc3ccccc3NC3=C2C(=O)C[C@H](c2ccccc2)C3)ccc1OCc1ccccc1. The van der Waals surface area contributed by atoms with Crippen molar-refractivity contribution in [1.82, 2.24) is 0 Å². The first-order valence-electron chi connectivity index (χ1n) is 13.0. The van der Waals surface area contributed by atoms with Gasteiger partial charge in [-0.2, -0.15) is 0 Å². The molecule has 0 spiro atoms. The molecule has 1 aliphatic heterocycles. The van der Waals surface area contributed by atoms with E-state index in [0.717, 1.165) is 40.2 Å². The van der Waals surface area contributed by atoms with Crippen molar-refractivity contribution in [3.8, 4) is 11.5 Å². The first kappa shape index (κ1) is 23.9. The lowest BCUT2D eigenvalue weighted by Crippen LogP contribution is -2.26. The van der Waals surface area contributed by atoms with Gasteiger partial charge in [-0.25, -0.2) is 0 Å². The maximum absolute atomic E-state index is 13.8. The van der Waals surface area contributed by atoms with Crippen molar-refractivity contribution in [2.45, 2.75) is 31.4 Å². The summed E-state index contributed by atoms with van der Waals surface area (Å²) in [6, 6.07) is 34.1. The average Bonchev–Trinajstić information content (AvgIpc) is 3.14. The molecule has 2 aliphatic rings. The molecule has 0 aromatic heterocycles. The van der Waals surface area contributed by atoms with Crippen LogP contribution < -0.4 is 20.1 Å². The summed E-state index contributed by atoms with van der Waals surface area (Å²) in [5.41, 5.74) is 6.92. The normalized spacial score (nSPS) is 18.4. The Morgan fingerprint density at radius 3 is 2.24 bits per heavy atom. The van der Waals surface area contributed by atoms with Crippen LogP contribution in [0.25, 0.3) is 0 Å². The lowest BCUT2D eigenvalue weighted by Gasteiger charge is -2.30. The number of rotatable bonds is 6. The molecular formula is C33H30N2O3. The van der Waals surface area contributed by atoms with E-state index in [4.69, 9.17) is 9.47 Å². The molecule has 0 fully saturated rings. The Morgan fingerprint density at radius 1 is 0.763 bits per heavy atom. The molecule has 0 radical (unpaired) electrons. The molecule has 2 atom stereocenters. The molecule has 38 heavy (non-hydrogen) atoms. The number of Topliss-reactive ketones (excluding diaryl/α,β-unsaturated/α-hetero) is 1. The van der Waals surface area contributed by atoms with Gasteiger partial charge in [-0.3, -0.25) is 4.79 Å². The van der Waals surface area contributed by atoms with E-state index >= 15 is 0 Å². The van der Waals surface area contributed by atoms with Crippen molar-refractivity contribution in [2.24, 2.45) is 0 Å². The number of anilines is 2. The number of hydrogen-bond donors (Lipinski definition) is 2. The number of carbonyl (C=O) groups is 1. The third kappa shape index (κ3) is 4.75. The molecule has 4 aromatic carbocycles. The highest BCUT2D eigenvalue weighted by Crippen LogP contribution is 2.45. The Balaban J connectivity index is 1.36. The zero-order chi connectivity index (χ0) is 25.9. The highest BCUT2D eigenvalue weighted by atomic mass is 16.5. The van der Waals surface area contributed by atoms with Crippen molar-refractivity contribution < 1.29 is 14.3 Å². The van der Waals surface area contributed by atoms with Gasteiger partial charge in [-0.05, 0) is 53.3 Å². The van der Waals surface area contributed by atoms with Gasteiger partial charge >= 0.3 is 0 Å². The van der Waals surface area contributed by atoms with Gasteiger partial charge in [0.25, 0.3) is 0 Å². The molecule has 5 heteroatoms. The molecule has 1 heterocycles. The number of allylic oxidation sites excluding steroid dienone is 1. The fourth-order valence-corrected chi connectivity index (χ4v) is 5.42. The number of hydrogen-bond acceptors (Lipinski definition) is 5. The molecule has 4 aromatic rings. The molecule has 0 saturated carbocycles. The number of ether oxygens (including phenoxy) is 2. The summed E-state index contributed by atoms with van der Waals surface area (Å²) in [6.45, 7) is 0.449. The van der Waals surface area contributed by atoms with Crippen LogP contribution in [-0.4, -0.2) is 12.9 Å². The van der Waals surface area contributed by atoms with E-state index in [2.05, 4.69) is 22.8 Å². The van der Waals surface area contributed by atoms with Gasteiger partial charge in [-0.1, -0.05) is 78.9 Å². The number of ketones is 1. The minimum Gasteiger partial charge on any atom is -0.493 e. The quantitative estimate of drug-likeness (QED) is 0.291. The summed E-state index contributed by atoms with van der Waals surface area (Å²) in [5, 5.41) is 7.26. The van der Waals surface area contributed by atoms with Crippen LogP contribution in [-0.2, 0) is 11.4 Å². The average molecular weight is 503 g/mol. The number of benzene rings is 4. The topological polar surface area (TPSA) is 59.6 Å². The highest BCUT2D eigenvalue weighted by molar-refractivity contribution is 6.01. The monoisotopic (exact) mass is 502 g/mol. The third-order valence-corrected chi connectivity index (χ3v) is 7.34. The first-order chi connectivity index (χ1) is 18.7. The van der Waals surface area contributed by atoms with Crippen molar-refractivity contribution in [2.75, 3.05) is 17.7 Å². The minimum absolute atomic E-state index is 0.143. The van der Waals surface area contributed by atoms with Crippen LogP contribution in [0.15, 0.2) is 114 Å². The molecular weight excluding hydrogens is 472 g/mol. The largest absolute Gasteiger partial charge is 0.493 e. The first-order valence-corrected chi connectivity index (χ1v) is 13.0. The van der Waals surface area contributed by atoms with E-state index in [1.165, 1.54) is 5.56 Å². The zero-order valence-corrected chi connectivity index (χ0v) is 21.3. The Morgan fingerprint density at radius 2 is 1.47 bits per heavy atom. The standard InChI is InChI=1S/C33H30N2O3/c1-37-31-20-24(16-17-30(31)38-21-22-10-4-2-5-11-22)33-32-28(34-26-14-8-9-15-27(26)35-33)18-25(19-29(32)36)23-12-6-3-7-13-23/h2-17,20,25,33-35H,18-19,21H2,1H3/t25-,33-/m1/s1. The fraction of sp³-hybridized carbons (Fsp3) is 0.182. The maximum atomic E-state index is 13.8. The van der Waals surface area contributed by atoms with Crippen LogP contribution in [0.5, 0.6) is 11.5 Å². The summed E-state index contributed by atoms with van der Waals surface area (Å²) in [5.74, 6) is 1.60. The second-order valence-electron chi connectivity index (χ2n) is 9.76. The minimum atomic E-state index is -0.317. The van der Waals surface area contributed by atoms with E-state index in [1.54, 1.807) is 7.11 Å². The molecule has 190 valence electrons. The fourth-order valence-electron chi connectivity index (χ4n) is 5.42. The van der Waals surface area contributed by atoms with Gasteiger partial charge in [-0.15, -0.1) is 0 Å². The number of para-hydroxylation sites is 2. The van der Waals surface area contributed by atoms with Gasteiger partial charge in [0.15, 0.2) is 17.3 Å². The van der Waals surface area contributed by atoms with Gasteiger partial charge < -0.3 is 20.1 Å². The van der Waals surface area contributed by atoms with E-state index in [0.29, 0.717) is 24.5 Å². The number of methoxy groups -OCH3 is 1. The Hall–Kier alpha value is -4.51. The molecule has 1 aliphatic carbocycles. The van der Waals surface area contributed by atoms with Gasteiger partial charge in [0.05, 0.1) is 24.5 Å². The van der Waals surface area contributed by atoms with Gasteiger partial charge in [0.1, 0.15) is 6.61 Å². The molecule has 2 N–H and O–H groups in total. The van der Waals surface area contributed by atoms with E-state index in [1.807, 2.05) is 91.0 Å². The van der Waals surface area contributed by atoms with Crippen molar-refractivity contribution >= 4 is 17.2 Å². The number of nitrogens with one attached hydrogen (secondary N) is 2. The molecule has 0 bridgehead atoms. The molecule has 0 saturated heterocycles. The lowest BCUT2D eigenvalue weighted by molar-refractivity contribution is -0.116. The second-order valence-corrected chi connectivity index (χ2v) is 9.76. The summed E-state index contributed by atoms with van der Waals surface area (Å²) in [7, 11) is 1.65. The van der Waals surface area contributed by atoms with Crippen LogP contribution in [0.4, 0.5) is 11.4 Å². The smallest absolute Gasteiger partial charge is 0.163 e. The van der Waals surface area contributed by atoms with Crippen molar-refractivity contribution in [3.05, 3.63) is 131 Å². The second kappa shape index (κ2) is 10.5. The lowest BCUT2D eigenvalue weighted by atomic mass is 9.78. The number of carbonyl (C=O) groups excluding carboxylic acids is 1. The van der Waals surface area contributed by atoms with Crippen LogP contribution in [0.3, 0.4) is 0 Å². The van der Waals surface area contributed by atoms with Crippen LogP contribution in [0, 0.1) is 0 Å². The van der Waals surface area contributed by atoms with Gasteiger partial charge in [0, 0.05) is 17.7 Å².